The Morgan fingerprint density at radius 3 is 2.62 bits per heavy atom. The van der Waals surface area contributed by atoms with Gasteiger partial charge in [0.1, 0.15) is 16.9 Å². The zero-order valence-electron chi connectivity index (χ0n) is 22.2. The van der Waals surface area contributed by atoms with E-state index in [2.05, 4.69) is 10.3 Å². The van der Waals surface area contributed by atoms with Gasteiger partial charge in [-0.1, -0.05) is 48.5 Å². The molecule has 0 saturated heterocycles. The van der Waals surface area contributed by atoms with E-state index in [1.54, 1.807) is 36.8 Å². The first-order valence-corrected chi connectivity index (χ1v) is 14.0. The Hall–Kier alpha value is -4.28. The van der Waals surface area contributed by atoms with Crippen LogP contribution in [-0.4, -0.2) is 52.2 Å². The van der Waals surface area contributed by atoms with Gasteiger partial charge in [-0.3, -0.25) is 19.0 Å². The van der Waals surface area contributed by atoms with Crippen LogP contribution in [0.3, 0.4) is 0 Å². The predicted octanol–water partition coefficient (Wildman–Crippen LogP) is 4.53. The molecule has 0 saturated carbocycles. The molecule has 0 spiro atoms. The lowest BCUT2D eigenvalue weighted by molar-refractivity contribution is 0.0939. The fraction of sp³-hybridized carbons (Fsp3) is 0.267. The molecule has 5 aromatic rings. The number of fused-ring (bicyclic) bond motifs is 3. The third kappa shape index (κ3) is 5.83. The summed E-state index contributed by atoms with van der Waals surface area (Å²) in [5.74, 6) is -0.269. The fourth-order valence-electron chi connectivity index (χ4n) is 4.56. The van der Waals surface area contributed by atoms with Crippen molar-refractivity contribution in [3.63, 3.8) is 0 Å². The summed E-state index contributed by atoms with van der Waals surface area (Å²) in [4.78, 5) is 44.9. The molecule has 0 aliphatic carbocycles. The van der Waals surface area contributed by atoms with Gasteiger partial charge in [0.15, 0.2) is 11.5 Å². The van der Waals surface area contributed by atoms with Gasteiger partial charge in [-0.2, -0.15) is 0 Å². The molecule has 0 unspecified atom stereocenters. The molecule has 5 rings (SSSR count). The molecular weight excluding hydrogens is 528 g/mol. The molecule has 9 nitrogen and oxygen atoms in total. The SMILES string of the molecule is CCOCCOc1c(C(=O)NCCCn2ccnc2)sc2c1c(=O)n(CC(=O)c1ccccc1)c1ccccc21. The number of rotatable bonds is 13. The molecule has 0 aliphatic rings. The number of carbonyl (C=O) groups is 2. The number of carbonyl (C=O) groups excluding carboxylic acids is 2. The highest BCUT2D eigenvalue weighted by Gasteiger charge is 2.26. The summed E-state index contributed by atoms with van der Waals surface area (Å²) in [5.41, 5.74) is 0.770. The maximum atomic E-state index is 14.0. The van der Waals surface area contributed by atoms with Gasteiger partial charge in [-0.05, 0) is 19.4 Å². The van der Waals surface area contributed by atoms with Crippen molar-refractivity contribution in [1.29, 1.82) is 0 Å². The molecule has 0 aliphatic heterocycles. The number of nitrogens with zero attached hydrogens (tertiary/aromatic N) is 3. The second-order valence-corrected chi connectivity index (χ2v) is 10.1. The Bertz CT molecular complexity index is 1680. The number of Topliss-reactive ketones (excluding diaryl/α,β-unsaturated/α-hetero) is 1. The van der Waals surface area contributed by atoms with Crippen LogP contribution in [-0.2, 0) is 17.8 Å². The van der Waals surface area contributed by atoms with Crippen molar-refractivity contribution in [1.82, 2.24) is 19.4 Å². The van der Waals surface area contributed by atoms with Gasteiger partial charge in [0.05, 0.1) is 29.7 Å². The summed E-state index contributed by atoms with van der Waals surface area (Å²) in [5, 5.41) is 4.03. The number of hydrogen-bond donors (Lipinski definition) is 1. The summed E-state index contributed by atoms with van der Waals surface area (Å²) in [6.07, 6.45) is 6.03. The molecule has 0 atom stereocenters. The number of hydrogen-bond acceptors (Lipinski definition) is 7. The van der Waals surface area contributed by atoms with Gasteiger partial charge in [-0.15, -0.1) is 11.3 Å². The molecular formula is C30H30N4O5S. The number of nitrogens with one attached hydrogen (secondary N) is 1. The van der Waals surface area contributed by atoms with Crippen molar-refractivity contribution >= 4 is 44.0 Å². The highest BCUT2D eigenvalue weighted by Crippen LogP contribution is 2.39. The third-order valence-electron chi connectivity index (χ3n) is 6.48. The Balaban J connectivity index is 1.53. The molecule has 10 heteroatoms. The maximum absolute atomic E-state index is 14.0. The van der Waals surface area contributed by atoms with Crippen molar-refractivity contribution in [2.75, 3.05) is 26.4 Å². The van der Waals surface area contributed by atoms with E-state index in [1.165, 1.54) is 15.9 Å². The lowest BCUT2D eigenvalue weighted by Crippen LogP contribution is -2.26. The van der Waals surface area contributed by atoms with Gasteiger partial charge in [0, 0.05) is 43.0 Å². The van der Waals surface area contributed by atoms with Gasteiger partial charge >= 0.3 is 0 Å². The second-order valence-electron chi connectivity index (χ2n) is 9.12. The number of pyridine rings is 1. The van der Waals surface area contributed by atoms with Crippen LogP contribution in [0.2, 0.25) is 0 Å². The number of para-hydroxylation sites is 1. The number of thiophene rings is 1. The topological polar surface area (TPSA) is 104 Å². The smallest absolute Gasteiger partial charge is 0.265 e. The van der Waals surface area contributed by atoms with E-state index in [1.807, 2.05) is 48.0 Å². The molecule has 3 aromatic heterocycles. The maximum Gasteiger partial charge on any atom is 0.265 e. The first kappa shape index (κ1) is 27.3. The number of amides is 1. The fourth-order valence-corrected chi connectivity index (χ4v) is 5.75. The summed E-state index contributed by atoms with van der Waals surface area (Å²) in [7, 11) is 0. The van der Waals surface area contributed by atoms with Crippen molar-refractivity contribution in [3.05, 3.63) is 94.1 Å². The van der Waals surface area contributed by atoms with E-state index in [4.69, 9.17) is 9.47 Å². The molecule has 206 valence electrons. The Labute approximate surface area is 235 Å². The van der Waals surface area contributed by atoms with E-state index in [0.717, 1.165) is 11.9 Å². The van der Waals surface area contributed by atoms with E-state index >= 15 is 0 Å². The predicted molar refractivity (Wildman–Crippen MR) is 156 cm³/mol. The van der Waals surface area contributed by atoms with Gasteiger partial charge in [0.25, 0.3) is 11.5 Å². The van der Waals surface area contributed by atoms with Crippen molar-refractivity contribution < 1.29 is 19.1 Å². The molecule has 0 bridgehead atoms. The minimum Gasteiger partial charge on any atom is -0.489 e. The lowest BCUT2D eigenvalue weighted by Gasteiger charge is -2.12. The molecule has 0 fully saturated rings. The van der Waals surface area contributed by atoms with Crippen molar-refractivity contribution in [2.24, 2.45) is 0 Å². The minimum absolute atomic E-state index is 0.136. The first-order valence-electron chi connectivity index (χ1n) is 13.2. The largest absolute Gasteiger partial charge is 0.489 e. The number of imidazole rings is 1. The van der Waals surface area contributed by atoms with Crippen LogP contribution in [0.5, 0.6) is 5.75 Å². The summed E-state index contributed by atoms with van der Waals surface area (Å²) < 4.78 is 15.6. The first-order chi connectivity index (χ1) is 19.6. The second kappa shape index (κ2) is 12.7. The van der Waals surface area contributed by atoms with E-state index < -0.39 is 0 Å². The molecule has 0 radical (unpaired) electrons. The van der Waals surface area contributed by atoms with E-state index in [-0.39, 0.29) is 36.2 Å². The summed E-state index contributed by atoms with van der Waals surface area (Å²) in [6, 6.07) is 16.3. The van der Waals surface area contributed by atoms with Crippen molar-refractivity contribution in [2.45, 2.75) is 26.4 Å². The van der Waals surface area contributed by atoms with Crippen LogP contribution in [0, 0.1) is 0 Å². The van der Waals surface area contributed by atoms with Crippen LogP contribution in [0.15, 0.2) is 78.1 Å². The van der Waals surface area contributed by atoms with Crippen LogP contribution < -0.4 is 15.6 Å². The molecule has 1 amide bonds. The third-order valence-corrected chi connectivity index (χ3v) is 7.69. The van der Waals surface area contributed by atoms with E-state index in [9.17, 15) is 14.4 Å². The van der Waals surface area contributed by atoms with Crippen LogP contribution in [0.1, 0.15) is 33.4 Å². The van der Waals surface area contributed by atoms with E-state index in [0.29, 0.717) is 52.2 Å². The van der Waals surface area contributed by atoms with Crippen LogP contribution in [0.25, 0.3) is 21.0 Å². The van der Waals surface area contributed by atoms with Gasteiger partial charge in [-0.25, -0.2) is 4.98 Å². The average Bonchev–Trinajstić information content (AvgIpc) is 3.64. The Morgan fingerprint density at radius 1 is 1.05 bits per heavy atom. The number of ketones is 1. The number of aromatic nitrogens is 3. The monoisotopic (exact) mass is 558 g/mol. The Morgan fingerprint density at radius 2 is 1.85 bits per heavy atom. The minimum atomic E-state index is -0.375. The number of aryl methyl sites for hydroxylation is 1. The summed E-state index contributed by atoms with van der Waals surface area (Å²) in [6.45, 7) is 3.93. The number of ether oxygens (including phenoxy) is 2. The quantitative estimate of drug-likeness (QED) is 0.168. The van der Waals surface area contributed by atoms with Crippen LogP contribution >= 0.6 is 11.3 Å². The molecule has 1 N–H and O–H groups in total. The highest BCUT2D eigenvalue weighted by atomic mass is 32.1. The normalized spacial score (nSPS) is 11.2. The lowest BCUT2D eigenvalue weighted by atomic mass is 10.1. The Kier molecular flexibility index (Phi) is 8.68. The zero-order valence-corrected chi connectivity index (χ0v) is 23.0. The van der Waals surface area contributed by atoms with Crippen molar-refractivity contribution in [3.8, 4) is 5.75 Å². The molecule has 3 heterocycles. The number of benzene rings is 2. The zero-order chi connectivity index (χ0) is 27.9. The average molecular weight is 559 g/mol. The summed E-state index contributed by atoms with van der Waals surface area (Å²) >= 11 is 1.23. The standard InChI is InChI=1S/C30H30N4O5S/c1-2-38-17-18-39-26-25-27(40-28(26)29(36)32-13-8-15-33-16-14-31-20-33)22-11-6-7-12-23(22)34(30(25)37)19-24(35)21-9-4-3-5-10-21/h3-7,9-12,14,16,20H,2,8,13,15,17-19H2,1H3,(H,32,36). The van der Waals surface area contributed by atoms with Gasteiger partial charge < -0.3 is 19.4 Å². The molecule has 40 heavy (non-hydrogen) atoms. The molecule has 2 aromatic carbocycles. The van der Waals surface area contributed by atoms with Gasteiger partial charge in [0.2, 0.25) is 0 Å². The highest BCUT2D eigenvalue weighted by molar-refractivity contribution is 7.22. The van der Waals surface area contributed by atoms with Crippen LogP contribution in [0.4, 0.5) is 0 Å².